The lowest BCUT2D eigenvalue weighted by Crippen LogP contribution is -2.38. The average molecular weight is 184 g/mol. The van der Waals surface area contributed by atoms with Gasteiger partial charge in [0.05, 0.1) is 6.10 Å². The van der Waals surface area contributed by atoms with E-state index in [9.17, 15) is 5.11 Å². The summed E-state index contributed by atoms with van der Waals surface area (Å²) in [5, 5.41) is 12.9. The molecule has 1 unspecified atom stereocenters. The highest BCUT2D eigenvalue weighted by Crippen LogP contribution is 2.08. The van der Waals surface area contributed by atoms with Crippen molar-refractivity contribution in [1.82, 2.24) is 10.2 Å². The van der Waals surface area contributed by atoms with E-state index in [0.29, 0.717) is 12.6 Å². The van der Waals surface area contributed by atoms with Crippen LogP contribution in [0.15, 0.2) is 12.2 Å². The second kappa shape index (κ2) is 5.37. The van der Waals surface area contributed by atoms with Gasteiger partial charge >= 0.3 is 0 Å². The van der Waals surface area contributed by atoms with Gasteiger partial charge in [-0.25, -0.2) is 0 Å². The molecule has 0 saturated heterocycles. The fourth-order valence-electron chi connectivity index (χ4n) is 1.57. The van der Waals surface area contributed by atoms with Gasteiger partial charge in [-0.3, -0.25) is 0 Å². The number of hydrogen-bond donors (Lipinski definition) is 2. The second-order valence-corrected chi connectivity index (χ2v) is 3.96. The van der Waals surface area contributed by atoms with Gasteiger partial charge in [0, 0.05) is 19.1 Å². The maximum atomic E-state index is 9.56. The Bertz CT molecular complexity index is 160. The van der Waals surface area contributed by atoms with Crippen LogP contribution in [0.2, 0.25) is 0 Å². The molecule has 0 saturated carbocycles. The molecular formula is C10H20N2O. The Balaban J connectivity index is 2.04. The lowest BCUT2D eigenvalue weighted by atomic mass is 10.2. The van der Waals surface area contributed by atoms with Crippen molar-refractivity contribution in [2.75, 3.05) is 27.2 Å². The van der Waals surface area contributed by atoms with Crippen LogP contribution in [0.3, 0.4) is 0 Å². The van der Waals surface area contributed by atoms with E-state index in [4.69, 9.17) is 0 Å². The summed E-state index contributed by atoms with van der Waals surface area (Å²) in [6, 6.07) is 0.553. The monoisotopic (exact) mass is 184 g/mol. The van der Waals surface area contributed by atoms with Crippen LogP contribution in [0.1, 0.15) is 12.8 Å². The Hall–Kier alpha value is -0.380. The molecule has 0 aromatic rings. The summed E-state index contributed by atoms with van der Waals surface area (Å²) >= 11 is 0. The number of nitrogens with zero attached hydrogens (tertiary/aromatic N) is 1. The Kier molecular flexibility index (Phi) is 4.42. The first-order chi connectivity index (χ1) is 6.18. The van der Waals surface area contributed by atoms with Crippen molar-refractivity contribution in [3.8, 4) is 0 Å². The first-order valence-electron chi connectivity index (χ1n) is 4.89. The molecule has 3 heteroatoms. The Morgan fingerprint density at radius 1 is 1.46 bits per heavy atom. The van der Waals surface area contributed by atoms with E-state index in [-0.39, 0.29) is 6.10 Å². The van der Waals surface area contributed by atoms with Crippen molar-refractivity contribution < 1.29 is 5.11 Å². The first-order valence-corrected chi connectivity index (χ1v) is 4.89. The summed E-state index contributed by atoms with van der Waals surface area (Å²) in [7, 11) is 3.95. The molecule has 76 valence electrons. The summed E-state index contributed by atoms with van der Waals surface area (Å²) in [5.74, 6) is 0. The Labute approximate surface area is 80.4 Å². The van der Waals surface area contributed by atoms with E-state index in [1.165, 1.54) is 0 Å². The van der Waals surface area contributed by atoms with Gasteiger partial charge in [-0.05, 0) is 26.9 Å². The summed E-state index contributed by atoms with van der Waals surface area (Å²) < 4.78 is 0. The van der Waals surface area contributed by atoms with Crippen LogP contribution in [0.25, 0.3) is 0 Å². The fourth-order valence-corrected chi connectivity index (χ4v) is 1.57. The molecular weight excluding hydrogens is 164 g/mol. The average Bonchev–Trinajstić information content (AvgIpc) is 2.51. The molecule has 1 aliphatic carbocycles. The van der Waals surface area contributed by atoms with Gasteiger partial charge in [0.15, 0.2) is 0 Å². The van der Waals surface area contributed by atoms with Crippen LogP contribution < -0.4 is 5.32 Å². The van der Waals surface area contributed by atoms with E-state index in [1.54, 1.807) is 0 Å². The normalized spacial score (nSPS) is 20.0. The van der Waals surface area contributed by atoms with E-state index >= 15 is 0 Å². The zero-order chi connectivity index (χ0) is 9.68. The van der Waals surface area contributed by atoms with Gasteiger partial charge in [-0.1, -0.05) is 12.2 Å². The third-order valence-electron chi connectivity index (χ3n) is 2.23. The molecule has 0 aliphatic heterocycles. The maximum Gasteiger partial charge on any atom is 0.0791 e. The third kappa shape index (κ3) is 4.41. The van der Waals surface area contributed by atoms with Crippen LogP contribution in [0.4, 0.5) is 0 Å². The van der Waals surface area contributed by atoms with E-state index in [0.717, 1.165) is 19.4 Å². The molecule has 0 amide bonds. The van der Waals surface area contributed by atoms with Gasteiger partial charge in [0.1, 0.15) is 0 Å². The lowest BCUT2D eigenvalue weighted by Gasteiger charge is -2.19. The maximum absolute atomic E-state index is 9.56. The molecule has 3 nitrogen and oxygen atoms in total. The summed E-state index contributed by atoms with van der Waals surface area (Å²) in [4.78, 5) is 2.00. The highest BCUT2D eigenvalue weighted by atomic mass is 16.3. The van der Waals surface area contributed by atoms with Crippen LogP contribution in [0.5, 0.6) is 0 Å². The van der Waals surface area contributed by atoms with Crippen LogP contribution in [-0.4, -0.2) is 49.3 Å². The molecule has 1 atom stereocenters. The van der Waals surface area contributed by atoms with Gasteiger partial charge in [-0.15, -0.1) is 0 Å². The van der Waals surface area contributed by atoms with Gasteiger partial charge in [-0.2, -0.15) is 0 Å². The topological polar surface area (TPSA) is 35.5 Å². The fraction of sp³-hybridized carbons (Fsp3) is 0.800. The predicted molar refractivity (Wildman–Crippen MR) is 54.7 cm³/mol. The van der Waals surface area contributed by atoms with Crippen molar-refractivity contribution in [3.05, 3.63) is 12.2 Å². The minimum atomic E-state index is -0.254. The quantitative estimate of drug-likeness (QED) is 0.600. The minimum Gasteiger partial charge on any atom is -0.390 e. The number of rotatable bonds is 5. The lowest BCUT2D eigenvalue weighted by molar-refractivity contribution is 0.132. The zero-order valence-corrected chi connectivity index (χ0v) is 8.53. The summed E-state index contributed by atoms with van der Waals surface area (Å²) in [6.45, 7) is 1.43. The van der Waals surface area contributed by atoms with Crippen molar-refractivity contribution in [2.45, 2.75) is 25.0 Å². The Morgan fingerprint density at radius 2 is 2.08 bits per heavy atom. The van der Waals surface area contributed by atoms with Gasteiger partial charge < -0.3 is 15.3 Å². The van der Waals surface area contributed by atoms with Gasteiger partial charge in [0.25, 0.3) is 0 Å². The van der Waals surface area contributed by atoms with Crippen molar-refractivity contribution in [2.24, 2.45) is 0 Å². The van der Waals surface area contributed by atoms with Crippen LogP contribution in [0, 0.1) is 0 Å². The summed E-state index contributed by atoms with van der Waals surface area (Å²) in [6.07, 6.45) is 6.34. The molecule has 1 aliphatic rings. The smallest absolute Gasteiger partial charge is 0.0791 e. The molecule has 0 fully saturated rings. The second-order valence-electron chi connectivity index (χ2n) is 3.96. The molecule has 0 heterocycles. The molecule has 1 rings (SSSR count). The minimum absolute atomic E-state index is 0.254. The van der Waals surface area contributed by atoms with E-state index < -0.39 is 0 Å². The molecule has 0 aromatic carbocycles. The highest BCUT2D eigenvalue weighted by molar-refractivity contribution is 4.97. The zero-order valence-electron chi connectivity index (χ0n) is 8.53. The number of aliphatic hydroxyl groups excluding tert-OH is 1. The molecule has 2 N–H and O–H groups in total. The predicted octanol–water partition coefficient (Wildman–Crippen LogP) is 0.217. The molecule has 13 heavy (non-hydrogen) atoms. The molecule has 0 bridgehead atoms. The SMILES string of the molecule is CN(C)CC(O)CNC1CC=CC1. The standard InChI is InChI=1S/C10H20N2O/c1-12(2)8-10(13)7-11-9-5-3-4-6-9/h3-4,9-11,13H,5-8H2,1-2H3. The van der Waals surface area contributed by atoms with Crippen molar-refractivity contribution in [1.29, 1.82) is 0 Å². The number of hydrogen-bond acceptors (Lipinski definition) is 3. The number of nitrogens with one attached hydrogen (secondary N) is 1. The van der Waals surface area contributed by atoms with Crippen molar-refractivity contribution >= 4 is 0 Å². The molecule has 0 radical (unpaired) electrons. The highest BCUT2D eigenvalue weighted by Gasteiger charge is 2.11. The summed E-state index contributed by atoms with van der Waals surface area (Å²) in [5.41, 5.74) is 0. The van der Waals surface area contributed by atoms with Gasteiger partial charge in [0.2, 0.25) is 0 Å². The van der Waals surface area contributed by atoms with E-state index in [2.05, 4.69) is 17.5 Å². The molecule has 0 spiro atoms. The van der Waals surface area contributed by atoms with Crippen LogP contribution in [-0.2, 0) is 0 Å². The largest absolute Gasteiger partial charge is 0.390 e. The van der Waals surface area contributed by atoms with Crippen molar-refractivity contribution in [3.63, 3.8) is 0 Å². The first kappa shape index (κ1) is 10.7. The molecule has 0 aromatic heterocycles. The third-order valence-corrected chi connectivity index (χ3v) is 2.23. The number of likely N-dealkylation sites (N-methyl/N-ethyl adjacent to an activating group) is 1. The Morgan fingerprint density at radius 3 is 2.62 bits per heavy atom. The number of aliphatic hydroxyl groups is 1. The van der Waals surface area contributed by atoms with Crippen LogP contribution >= 0.6 is 0 Å². The van der Waals surface area contributed by atoms with E-state index in [1.807, 2.05) is 19.0 Å².